The third kappa shape index (κ3) is 3.75. The molecule has 2 nitrogen and oxygen atoms in total. The molecule has 1 aromatic carbocycles. The zero-order chi connectivity index (χ0) is 10.4. The lowest BCUT2D eigenvalue weighted by Gasteiger charge is -1.97. The lowest BCUT2D eigenvalue weighted by molar-refractivity contribution is -0.131. The number of benzene rings is 1. The standard InChI is InChI=1S/C11H11BrO2/c12-8-7-10-3-1-9(2-4-10)5-6-11(13)14/h1-6H,7-8H2,(H,13,14). The van der Waals surface area contributed by atoms with Gasteiger partial charge in [-0.15, -0.1) is 0 Å². The molecule has 3 heteroatoms. The van der Waals surface area contributed by atoms with E-state index in [0.717, 1.165) is 23.4 Å². The van der Waals surface area contributed by atoms with Gasteiger partial charge in [-0.1, -0.05) is 40.2 Å². The Morgan fingerprint density at radius 2 is 2.00 bits per heavy atom. The predicted octanol–water partition coefficient (Wildman–Crippen LogP) is 2.72. The van der Waals surface area contributed by atoms with Crippen molar-refractivity contribution in [2.24, 2.45) is 0 Å². The van der Waals surface area contributed by atoms with Crippen LogP contribution in [0.3, 0.4) is 0 Å². The fraction of sp³-hybridized carbons (Fsp3) is 0.182. The van der Waals surface area contributed by atoms with Gasteiger partial charge < -0.3 is 5.11 Å². The van der Waals surface area contributed by atoms with Crippen molar-refractivity contribution in [2.75, 3.05) is 5.33 Å². The normalized spacial score (nSPS) is 10.6. The lowest BCUT2D eigenvalue weighted by Crippen LogP contribution is -1.87. The Morgan fingerprint density at radius 3 is 2.50 bits per heavy atom. The number of rotatable bonds is 4. The van der Waals surface area contributed by atoms with Crippen molar-refractivity contribution < 1.29 is 9.90 Å². The number of carboxylic acids is 1. The monoisotopic (exact) mass is 254 g/mol. The molecule has 0 radical (unpaired) electrons. The third-order valence-corrected chi connectivity index (χ3v) is 2.18. The van der Waals surface area contributed by atoms with Crippen molar-refractivity contribution in [3.8, 4) is 0 Å². The summed E-state index contributed by atoms with van der Waals surface area (Å²) in [4.78, 5) is 10.2. The summed E-state index contributed by atoms with van der Waals surface area (Å²) in [6.45, 7) is 0. The van der Waals surface area contributed by atoms with E-state index in [-0.39, 0.29) is 0 Å². The molecule has 74 valence electrons. The molecule has 0 aliphatic carbocycles. The van der Waals surface area contributed by atoms with Gasteiger partial charge in [0, 0.05) is 11.4 Å². The van der Waals surface area contributed by atoms with E-state index in [1.165, 1.54) is 5.56 Å². The van der Waals surface area contributed by atoms with Gasteiger partial charge in [-0.05, 0) is 23.6 Å². The molecule has 0 bridgehead atoms. The minimum absolute atomic E-state index is 0.908. The topological polar surface area (TPSA) is 37.3 Å². The highest BCUT2D eigenvalue weighted by Gasteiger charge is 1.92. The quantitative estimate of drug-likeness (QED) is 0.663. The van der Waals surface area contributed by atoms with Crippen LogP contribution in [-0.2, 0) is 11.2 Å². The summed E-state index contributed by atoms with van der Waals surface area (Å²) in [5.74, 6) is -0.922. The van der Waals surface area contributed by atoms with Crippen molar-refractivity contribution >= 4 is 28.0 Å². The van der Waals surface area contributed by atoms with Crippen LogP contribution in [0.5, 0.6) is 0 Å². The van der Waals surface area contributed by atoms with Gasteiger partial charge in [-0.3, -0.25) is 0 Å². The molecule has 0 fully saturated rings. The summed E-state index contributed by atoms with van der Waals surface area (Å²) in [7, 11) is 0. The maximum atomic E-state index is 10.2. The number of carbonyl (C=O) groups is 1. The first-order valence-electron chi connectivity index (χ1n) is 4.28. The molecule has 1 N–H and O–H groups in total. The van der Waals surface area contributed by atoms with Crippen LogP contribution in [0.1, 0.15) is 11.1 Å². The maximum absolute atomic E-state index is 10.2. The average Bonchev–Trinajstić information content (AvgIpc) is 2.17. The SMILES string of the molecule is O=C(O)C=Cc1ccc(CCBr)cc1. The van der Waals surface area contributed by atoms with Gasteiger partial charge in [0.25, 0.3) is 0 Å². The van der Waals surface area contributed by atoms with E-state index in [0.29, 0.717) is 0 Å². The maximum Gasteiger partial charge on any atom is 0.328 e. The van der Waals surface area contributed by atoms with Crippen LogP contribution in [0.4, 0.5) is 0 Å². The van der Waals surface area contributed by atoms with E-state index in [1.54, 1.807) is 6.08 Å². The Hall–Kier alpha value is -1.09. The second-order valence-electron chi connectivity index (χ2n) is 2.85. The minimum atomic E-state index is -0.922. The summed E-state index contributed by atoms with van der Waals surface area (Å²) >= 11 is 3.36. The Morgan fingerprint density at radius 1 is 1.36 bits per heavy atom. The molecule has 0 unspecified atom stereocenters. The molecular formula is C11H11BrO2. The number of aliphatic carboxylic acids is 1. The molecule has 1 aromatic rings. The first-order valence-corrected chi connectivity index (χ1v) is 5.40. The third-order valence-electron chi connectivity index (χ3n) is 1.78. The first-order chi connectivity index (χ1) is 6.72. The van der Waals surface area contributed by atoms with E-state index in [2.05, 4.69) is 15.9 Å². The first kappa shape index (κ1) is 11.0. The Balaban J connectivity index is 2.68. The van der Waals surface area contributed by atoms with Gasteiger partial charge in [0.15, 0.2) is 0 Å². The van der Waals surface area contributed by atoms with E-state index >= 15 is 0 Å². The summed E-state index contributed by atoms with van der Waals surface area (Å²) in [5, 5.41) is 9.36. The van der Waals surface area contributed by atoms with Gasteiger partial charge in [0.05, 0.1) is 0 Å². The largest absolute Gasteiger partial charge is 0.478 e. The number of carboxylic acid groups (broad SMARTS) is 1. The summed E-state index contributed by atoms with van der Waals surface area (Å²) < 4.78 is 0. The smallest absolute Gasteiger partial charge is 0.328 e. The molecule has 0 amide bonds. The number of hydrogen-bond acceptors (Lipinski definition) is 1. The summed E-state index contributed by atoms with van der Waals surface area (Å²) in [6.07, 6.45) is 3.71. The number of halogens is 1. The number of aryl methyl sites for hydroxylation is 1. The number of alkyl halides is 1. The second-order valence-corrected chi connectivity index (χ2v) is 3.65. The molecule has 14 heavy (non-hydrogen) atoms. The van der Waals surface area contributed by atoms with E-state index in [1.807, 2.05) is 24.3 Å². The molecule has 0 heterocycles. The van der Waals surface area contributed by atoms with Crippen LogP contribution in [0.15, 0.2) is 30.3 Å². The van der Waals surface area contributed by atoms with Crippen LogP contribution < -0.4 is 0 Å². The highest BCUT2D eigenvalue weighted by atomic mass is 79.9. The van der Waals surface area contributed by atoms with Gasteiger partial charge in [-0.2, -0.15) is 0 Å². The molecule has 0 aromatic heterocycles. The zero-order valence-electron chi connectivity index (χ0n) is 7.61. The van der Waals surface area contributed by atoms with Gasteiger partial charge in [0.1, 0.15) is 0 Å². The summed E-state index contributed by atoms with van der Waals surface area (Å²) in [6, 6.07) is 7.83. The van der Waals surface area contributed by atoms with Gasteiger partial charge in [-0.25, -0.2) is 4.79 Å². The van der Waals surface area contributed by atoms with Crippen LogP contribution in [0, 0.1) is 0 Å². The highest BCUT2D eigenvalue weighted by Crippen LogP contribution is 2.07. The van der Waals surface area contributed by atoms with E-state index < -0.39 is 5.97 Å². The summed E-state index contributed by atoms with van der Waals surface area (Å²) in [5.41, 5.74) is 2.15. The Bertz CT molecular complexity index is 328. The molecule has 0 aliphatic rings. The zero-order valence-corrected chi connectivity index (χ0v) is 9.20. The van der Waals surface area contributed by atoms with Crippen molar-refractivity contribution in [2.45, 2.75) is 6.42 Å². The molecule has 1 rings (SSSR count). The Labute approximate surface area is 91.4 Å². The number of hydrogen-bond donors (Lipinski definition) is 1. The minimum Gasteiger partial charge on any atom is -0.478 e. The fourth-order valence-electron chi connectivity index (χ4n) is 1.07. The van der Waals surface area contributed by atoms with Crippen molar-refractivity contribution in [1.82, 2.24) is 0 Å². The highest BCUT2D eigenvalue weighted by molar-refractivity contribution is 9.09. The van der Waals surface area contributed by atoms with Crippen molar-refractivity contribution in [3.63, 3.8) is 0 Å². The fourth-order valence-corrected chi connectivity index (χ4v) is 1.53. The lowest BCUT2D eigenvalue weighted by atomic mass is 10.1. The van der Waals surface area contributed by atoms with Crippen molar-refractivity contribution in [3.05, 3.63) is 41.5 Å². The molecule has 0 saturated carbocycles. The Kier molecular flexibility index (Phi) is 4.40. The van der Waals surface area contributed by atoms with Crippen LogP contribution in [0.2, 0.25) is 0 Å². The van der Waals surface area contributed by atoms with E-state index in [4.69, 9.17) is 5.11 Å². The van der Waals surface area contributed by atoms with Crippen molar-refractivity contribution in [1.29, 1.82) is 0 Å². The van der Waals surface area contributed by atoms with Gasteiger partial charge >= 0.3 is 5.97 Å². The molecular weight excluding hydrogens is 244 g/mol. The second kappa shape index (κ2) is 5.60. The molecule has 0 atom stereocenters. The van der Waals surface area contributed by atoms with Gasteiger partial charge in [0.2, 0.25) is 0 Å². The molecule has 0 saturated heterocycles. The predicted molar refractivity (Wildman–Crippen MR) is 60.6 cm³/mol. The molecule has 0 aliphatic heterocycles. The van der Waals surface area contributed by atoms with Crippen LogP contribution >= 0.6 is 15.9 Å². The van der Waals surface area contributed by atoms with E-state index in [9.17, 15) is 4.79 Å². The van der Waals surface area contributed by atoms with Crippen LogP contribution in [0.25, 0.3) is 6.08 Å². The molecule has 0 spiro atoms. The average molecular weight is 255 g/mol. The van der Waals surface area contributed by atoms with Crippen LogP contribution in [-0.4, -0.2) is 16.4 Å².